The van der Waals surface area contributed by atoms with Crippen LogP contribution < -0.4 is 5.19 Å². The highest BCUT2D eigenvalue weighted by molar-refractivity contribution is 6.88. The Morgan fingerprint density at radius 1 is 1.17 bits per heavy atom. The maximum absolute atomic E-state index is 12.5. The fraction of sp³-hybridized carbons (Fsp3) is 0.632. The molecule has 2 aliphatic rings. The summed E-state index contributed by atoms with van der Waals surface area (Å²) >= 11 is 0. The predicted molar refractivity (Wildman–Crippen MR) is 96.9 cm³/mol. The number of nitrogens with zero attached hydrogens (tertiary/aromatic N) is 1. The highest BCUT2D eigenvalue weighted by atomic mass is 28.3. The molecule has 0 N–H and O–H groups in total. The van der Waals surface area contributed by atoms with Crippen molar-refractivity contribution in [2.75, 3.05) is 14.2 Å². The van der Waals surface area contributed by atoms with E-state index in [1.807, 2.05) is 0 Å². The second-order valence-electron chi connectivity index (χ2n) is 8.23. The van der Waals surface area contributed by atoms with Crippen molar-refractivity contribution >= 4 is 19.2 Å². The van der Waals surface area contributed by atoms with Crippen LogP contribution in [0.1, 0.15) is 30.7 Å². The first kappa shape index (κ1) is 16.7. The molecule has 0 aromatic heterocycles. The molecule has 1 aromatic carbocycles. The smallest absolute Gasteiger partial charge is 0.310 e. The zero-order valence-corrected chi connectivity index (χ0v) is 16.0. The van der Waals surface area contributed by atoms with E-state index in [-0.39, 0.29) is 11.9 Å². The van der Waals surface area contributed by atoms with Gasteiger partial charge in [-0.05, 0) is 31.9 Å². The average molecular weight is 332 g/mol. The first-order chi connectivity index (χ1) is 10.8. The first-order valence-electron chi connectivity index (χ1n) is 8.73. The van der Waals surface area contributed by atoms with Crippen molar-refractivity contribution < 1.29 is 9.53 Å². The summed E-state index contributed by atoms with van der Waals surface area (Å²) in [7, 11) is 2.42. The Labute approximate surface area is 141 Å². The Kier molecular flexibility index (Phi) is 4.40. The van der Waals surface area contributed by atoms with E-state index in [4.69, 9.17) is 4.74 Å². The fourth-order valence-corrected chi connectivity index (χ4v) is 5.66. The lowest BCUT2D eigenvalue weighted by Gasteiger charge is -2.41. The van der Waals surface area contributed by atoms with E-state index >= 15 is 0 Å². The second-order valence-corrected chi connectivity index (χ2v) is 13.3. The predicted octanol–water partition coefficient (Wildman–Crippen LogP) is 2.97. The van der Waals surface area contributed by atoms with Crippen LogP contribution in [0.3, 0.4) is 0 Å². The maximum atomic E-state index is 12.5. The molecule has 3 unspecified atom stereocenters. The van der Waals surface area contributed by atoms with Crippen LogP contribution in [0.2, 0.25) is 19.6 Å². The van der Waals surface area contributed by atoms with Crippen molar-refractivity contribution in [3.05, 3.63) is 29.8 Å². The van der Waals surface area contributed by atoms with Gasteiger partial charge in [0.15, 0.2) is 0 Å². The first-order valence-corrected chi connectivity index (χ1v) is 12.2. The van der Waals surface area contributed by atoms with Crippen molar-refractivity contribution in [3.8, 4) is 0 Å². The molecule has 23 heavy (non-hydrogen) atoms. The van der Waals surface area contributed by atoms with Gasteiger partial charge in [-0.15, -0.1) is 0 Å². The lowest BCUT2D eigenvalue weighted by Crippen LogP contribution is -2.49. The van der Waals surface area contributed by atoms with Gasteiger partial charge >= 0.3 is 5.97 Å². The molecular formula is C19H29NO2Si. The molecule has 0 spiro atoms. The molecule has 0 radical (unpaired) electrons. The van der Waals surface area contributed by atoms with Gasteiger partial charge in [0.25, 0.3) is 0 Å². The molecule has 0 amide bonds. The van der Waals surface area contributed by atoms with Crippen molar-refractivity contribution in [1.29, 1.82) is 0 Å². The molecule has 1 aromatic rings. The highest BCUT2D eigenvalue weighted by Crippen LogP contribution is 2.46. The lowest BCUT2D eigenvalue weighted by atomic mass is 9.76. The third-order valence-corrected chi connectivity index (χ3v) is 8.01. The highest BCUT2D eigenvalue weighted by Gasteiger charge is 2.49. The number of fused-ring (bicyclic) bond motifs is 2. The summed E-state index contributed by atoms with van der Waals surface area (Å²) in [5.74, 6) is 0.231. The van der Waals surface area contributed by atoms with Gasteiger partial charge in [-0.25, -0.2) is 0 Å². The summed E-state index contributed by atoms with van der Waals surface area (Å²) in [5.41, 5.74) is 1.31. The van der Waals surface area contributed by atoms with E-state index in [1.54, 1.807) is 0 Å². The van der Waals surface area contributed by atoms with E-state index in [9.17, 15) is 4.79 Å². The van der Waals surface area contributed by atoms with Gasteiger partial charge in [0.2, 0.25) is 0 Å². The second kappa shape index (κ2) is 6.06. The lowest BCUT2D eigenvalue weighted by molar-refractivity contribution is -0.150. The van der Waals surface area contributed by atoms with E-state index in [0.717, 1.165) is 12.8 Å². The van der Waals surface area contributed by atoms with E-state index < -0.39 is 8.07 Å². The van der Waals surface area contributed by atoms with Crippen LogP contribution >= 0.6 is 0 Å². The average Bonchev–Trinajstić information content (AvgIpc) is 2.75. The molecule has 2 fully saturated rings. The largest absolute Gasteiger partial charge is 0.469 e. The van der Waals surface area contributed by atoms with Crippen LogP contribution in [0.25, 0.3) is 0 Å². The molecule has 2 aliphatic heterocycles. The Morgan fingerprint density at radius 2 is 1.83 bits per heavy atom. The maximum Gasteiger partial charge on any atom is 0.310 e. The van der Waals surface area contributed by atoms with Crippen LogP contribution in [-0.2, 0) is 9.53 Å². The number of rotatable bonds is 3. The zero-order chi connectivity index (χ0) is 16.8. The Hall–Kier alpha value is -1.13. The molecule has 2 saturated heterocycles. The number of benzene rings is 1. The quantitative estimate of drug-likeness (QED) is 0.630. The summed E-state index contributed by atoms with van der Waals surface area (Å²) in [6.07, 6.45) is 3.39. The molecule has 0 aliphatic carbocycles. The number of methoxy groups -OCH3 is 1. The Bertz CT molecular complexity index is 578. The molecule has 4 atom stereocenters. The van der Waals surface area contributed by atoms with E-state index in [1.165, 1.54) is 24.3 Å². The molecular weight excluding hydrogens is 302 g/mol. The summed E-state index contributed by atoms with van der Waals surface area (Å²) < 4.78 is 5.16. The van der Waals surface area contributed by atoms with Crippen LogP contribution in [0, 0.1) is 5.92 Å². The van der Waals surface area contributed by atoms with Crippen LogP contribution in [0.4, 0.5) is 0 Å². The fourth-order valence-electron chi connectivity index (χ4n) is 4.50. The topological polar surface area (TPSA) is 29.5 Å². The molecule has 2 bridgehead atoms. The monoisotopic (exact) mass is 331 g/mol. The van der Waals surface area contributed by atoms with Gasteiger partial charge in [-0.2, -0.15) is 0 Å². The van der Waals surface area contributed by atoms with Gasteiger partial charge in [0, 0.05) is 18.0 Å². The van der Waals surface area contributed by atoms with Gasteiger partial charge in [-0.1, -0.05) is 49.1 Å². The molecule has 4 heteroatoms. The van der Waals surface area contributed by atoms with Crippen molar-refractivity contribution in [2.24, 2.45) is 5.92 Å². The molecule has 3 rings (SSSR count). The van der Waals surface area contributed by atoms with Crippen molar-refractivity contribution in [2.45, 2.75) is 56.9 Å². The normalized spacial score (nSPS) is 31.2. The minimum atomic E-state index is -1.28. The van der Waals surface area contributed by atoms with Gasteiger partial charge in [-0.3, -0.25) is 9.69 Å². The number of carbonyl (C=O) groups excluding carboxylic acids is 1. The summed E-state index contributed by atoms with van der Waals surface area (Å²) in [6, 6.07) is 10.1. The summed E-state index contributed by atoms with van der Waals surface area (Å²) in [6.45, 7) is 7.11. The molecule has 126 valence electrons. The minimum Gasteiger partial charge on any atom is -0.469 e. The Morgan fingerprint density at radius 3 is 2.39 bits per heavy atom. The summed E-state index contributed by atoms with van der Waals surface area (Å²) in [4.78, 5) is 14.9. The SMILES string of the molecule is COC(=O)C1C2CCC(C[C@@H]1c1ccc([Si](C)(C)C)cc1)N2C. The van der Waals surface area contributed by atoms with E-state index in [0.29, 0.717) is 18.0 Å². The number of esters is 1. The van der Waals surface area contributed by atoms with Crippen molar-refractivity contribution in [3.63, 3.8) is 0 Å². The summed E-state index contributed by atoms with van der Waals surface area (Å²) in [5, 5.41) is 1.48. The van der Waals surface area contributed by atoms with Crippen LogP contribution in [0.15, 0.2) is 24.3 Å². The molecule has 2 heterocycles. The zero-order valence-electron chi connectivity index (χ0n) is 15.0. The van der Waals surface area contributed by atoms with Gasteiger partial charge < -0.3 is 4.74 Å². The van der Waals surface area contributed by atoms with E-state index in [2.05, 4.69) is 55.9 Å². The number of piperidine rings is 1. The number of ether oxygens (including phenoxy) is 1. The Balaban J connectivity index is 1.92. The number of hydrogen-bond donors (Lipinski definition) is 0. The third-order valence-electron chi connectivity index (χ3n) is 5.95. The third kappa shape index (κ3) is 2.99. The number of hydrogen-bond acceptors (Lipinski definition) is 3. The van der Waals surface area contributed by atoms with Gasteiger partial charge in [0.1, 0.15) is 0 Å². The number of carbonyl (C=O) groups is 1. The molecule has 0 saturated carbocycles. The standard InChI is InChI=1S/C19H29NO2Si/c1-20-14-8-11-17(20)18(19(21)22-2)16(12-14)13-6-9-15(10-7-13)23(3,4)5/h6-7,9-10,14,16-18H,8,11-12H2,1-5H3/t14?,16-,17?,18?/m1/s1. The van der Waals surface area contributed by atoms with Gasteiger partial charge in [0.05, 0.1) is 21.1 Å². The van der Waals surface area contributed by atoms with Crippen LogP contribution in [-0.4, -0.2) is 45.2 Å². The molecule has 3 nitrogen and oxygen atoms in total. The van der Waals surface area contributed by atoms with Crippen LogP contribution in [0.5, 0.6) is 0 Å². The van der Waals surface area contributed by atoms with Crippen molar-refractivity contribution in [1.82, 2.24) is 4.90 Å². The minimum absolute atomic E-state index is 0.0264.